The van der Waals surface area contributed by atoms with Crippen molar-refractivity contribution in [3.8, 4) is 11.5 Å². The third-order valence-corrected chi connectivity index (χ3v) is 4.06. The van der Waals surface area contributed by atoms with E-state index in [-0.39, 0.29) is 24.3 Å². The lowest BCUT2D eigenvalue weighted by molar-refractivity contribution is -0.118. The Morgan fingerprint density at radius 3 is 2.27 bits per heavy atom. The van der Waals surface area contributed by atoms with E-state index in [1.165, 1.54) is 0 Å². The molecule has 0 saturated heterocycles. The second kappa shape index (κ2) is 7.91. The first kappa shape index (κ1) is 17.8. The van der Waals surface area contributed by atoms with Crippen molar-refractivity contribution in [3.05, 3.63) is 48.0 Å². The summed E-state index contributed by atoms with van der Waals surface area (Å²) in [6.07, 6.45) is 1.93. The van der Waals surface area contributed by atoms with Gasteiger partial charge in [-0.2, -0.15) is 0 Å². The highest BCUT2D eigenvalue weighted by atomic mass is 16.5. The summed E-state index contributed by atoms with van der Waals surface area (Å²) < 4.78 is 10.8. The number of nitrogens with one attached hydrogen (secondary N) is 2. The zero-order chi connectivity index (χ0) is 18.5. The number of hydrogen-bond acceptors (Lipinski definition) is 4. The average Bonchev–Trinajstić information content (AvgIpc) is 3.47. The van der Waals surface area contributed by atoms with Gasteiger partial charge >= 0.3 is 0 Å². The lowest BCUT2D eigenvalue weighted by Crippen LogP contribution is -2.20. The number of aryl methyl sites for hydroxylation is 1. The minimum atomic E-state index is -0.276. The molecule has 3 rings (SSSR count). The van der Waals surface area contributed by atoms with E-state index in [0.29, 0.717) is 17.2 Å². The second-order valence-electron chi connectivity index (χ2n) is 6.33. The maximum Gasteiger partial charge on any atom is 0.262 e. The van der Waals surface area contributed by atoms with Gasteiger partial charge in [-0.1, -0.05) is 6.07 Å². The Morgan fingerprint density at radius 1 is 1.00 bits per heavy atom. The highest BCUT2D eigenvalue weighted by Gasteiger charge is 2.29. The smallest absolute Gasteiger partial charge is 0.262 e. The number of carbonyl (C=O) groups excluding carboxylic acids is 2. The molecule has 2 amide bonds. The molecular formula is C20H22N2O4. The SMILES string of the molecule is COc1cc(C)ccc1OCC(=O)Nc1ccc(NC(=O)C2CC2)cc1. The molecule has 0 heterocycles. The monoisotopic (exact) mass is 354 g/mol. The molecule has 2 N–H and O–H groups in total. The highest BCUT2D eigenvalue weighted by Crippen LogP contribution is 2.30. The van der Waals surface area contributed by atoms with Crippen LogP contribution in [0.15, 0.2) is 42.5 Å². The zero-order valence-electron chi connectivity index (χ0n) is 14.9. The summed E-state index contributed by atoms with van der Waals surface area (Å²) in [4.78, 5) is 23.8. The van der Waals surface area contributed by atoms with Crippen LogP contribution in [0.3, 0.4) is 0 Å². The quantitative estimate of drug-likeness (QED) is 0.799. The Hall–Kier alpha value is -3.02. The molecule has 0 unspecified atom stereocenters. The molecule has 1 saturated carbocycles. The third kappa shape index (κ3) is 4.75. The summed E-state index contributed by atoms with van der Waals surface area (Å²) in [6, 6.07) is 12.5. The molecule has 1 aliphatic rings. The largest absolute Gasteiger partial charge is 0.493 e. The molecule has 26 heavy (non-hydrogen) atoms. The molecule has 2 aromatic rings. The fourth-order valence-electron chi connectivity index (χ4n) is 2.46. The average molecular weight is 354 g/mol. The molecule has 0 bridgehead atoms. The number of benzene rings is 2. The van der Waals surface area contributed by atoms with Crippen molar-refractivity contribution in [3.63, 3.8) is 0 Å². The molecule has 136 valence electrons. The summed E-state index contributed by atoms with van der Waals surface area (Å²) in [6.45, 7) is 1.83. The molecule has 2 aromatic carbocycles. The number of hydrogen-bond donors (Lipinski definition) is 2. The molecule has 0 radical (unpaired) electrons. The van der Waals surface area contributed by atoms with Gasteiger partial charge in [0.2, 0.25) is 5.91 Å². The maximum atomic E-state index is 12.1. The number of carbonyl (C=O) groups is 2. The predicted molar refractivity (Wildman–Crippen MR) is 99.7 cm³/mol. The number of anilines is 2. The van der Waals surface area contributed by atoms with Crippen molar-refractivity contribution in [2.45, 2.75) is 19.8 Å². The van der Waals surface area contributed by atoms with Gasteiger partial charge in [0.15, 0.2) is 18.1 Å². The van der Waals surface area contributed by atoms with E-state index < -0.39 is 0 Å². The van der Waals surface area contributed by atoms with Crippen LogP contribution in [0.2, 0.25) is 0 Å². The van der Waals surface area contributed by atoms with Crippen LogP contribution in [0.1, 0.15) is 18.4 Å². The van der Waals surface area contributed by atoms with E-state index in [4.69, 9.17) is 9.47 Å². The molecule has 0 atom stereocenters. The molecule has 1 aliphatic carbocycles. The maximum absolute atomic E-state index is 12.1. The first-order valence-electron chi connectivity index (χ1n) is 8.53. The molecule has 0 aromatic heterocycles. The standard InChI is InChI=1S/C20H22N2O4/c1-13-3-10-17(18(11-13)25-2)26-12-19(23)21-15-6-8-16(9-7-15)22-20(24)14-4-5-14/h3,6-11,14H,4-5,12H2,1-2H3,(H,21,23)(H,22,24). The molecule has 6 heteroatoms. The lowest BCUT2D eigenvalue weighted by Gasteiger charge is -2.12. The topological polar surface area (TPSA) is 76.7 Å². The van der Waals surface area contributed by atoms with E-state index in [2.05, 4.69) is 10.6 Å². The summed E-state index contributed by atoms with van der Waals surface area (Å²) in [5.74, 6) is 1.05. The Labute approximate surface area is 152 Å². The summed E-state index contributed by atoms with van der Waals surface area (Å²) >= 11 is 0. The van der Waals surface area contributed by atoms with E-state index in [1.54, 1.807) is 37.4 Å². The number of ether oxygens (including phenoxy) is 2. The Balaban J connectivity index is 1.50. The van der Waals surface area contributed by atoms with E-state index >= 15 is 0 Å². The van der Waals surface area contributed by atoms with Gasteiger partial charge in [-0.05, 0) is 61.7 Å². The third-order valence-electron chi connectivity index (χ3n) is 4.06. The van der Waals surface area contributed by atoms with Crippen LogP contribution in [0.4, 0.5) is 11.4 Å². The van der Waals surface area contributed by atoms with Gasteiger partial charge in [0.05, 0.1) is 7.11 Å². The number of rotatable bonds is 7. The lowest BCUT2D eigenvalue weighted by atomic mass is 10.2. The fraction of sp³-hybridized carbons (Fsp3) is 0.300. The Kier molecular flexibility index (Phi) is 5.41. The van der Waals surface area contributed by atoms with Gasteiger partial charge in [-0.25, -0.2) is 0 Å². The van der Waals surface area contributed by atoms with Crippen molar-refractivity contribution >= 4 is 23.2 Å². The van der Waals surface area contributed by atoms with Gasteiger partial charge in [0.25, 0.3) is 5.91 Å². The fourth-order valence-corrected chi connectivity index (χ4v) is 2.46. The summed E-state index contributed by atoms with van der Waals surface area (Å²) in [7, 11) is 1.56. The van der Waals surface area contributed by atoms with Gasteiger partial charge in [0.1, 0.15) is 0 Å². The summed E-state index contributed by atoms with van der Waals surface area (Å²) in [5.41, 5.74) is 2.41. The van der Waals surface area contributed by atoms with Crippen LogP contribution in [0.25, 0.3) is 0 Å². The highest BCUT2D eigenvalue weighted by molar-refractivity contribution is 5.95. The van der Waals surface area contributed by atoms with Crippen LogP contribution in [0.5, 0.6) is 11.5 Å². The first-order chi connectivity index (χ1) is 12.5. The van der Waals surface area contributed by atoms with Crippen LogP contribution < -0.4 is 20.1 Å². The number of amides is 2. The molecule has 0 aliphatic heterocycles. The van der Waals surface area contributed by atoms with Gasteiger partial charge < -0.3 is 20.1 Å². The van der Waals surface area contributed by atoms with Crippen molar-refractivity contribution < 1.29 is 19.1 Å². The van der Waals surface area contributed by atoms with Crippen molar-refractivity contribution in [2.24, 2.45) is 5.92 Å². The van der Waals surface area contributed by atoms with E-state index in [9.17, 15) is 9.59 Å². The van der Waals surface area contributed by atoms with E-state index in [0.717, 1.165) is 24.1 Å². The minimum Gasteiger partial charge on any atom is -0.493 e. The van der Waals surface area contributed by atoms with Gasteiger partial charge in [-0.15, -0.1) is 0 Å². The minimum absolute atomic E-state index is 0.0576. The molecule has 6 nitrogen and oxygen atoms in total. The summed E-state index contributed by atoms with van der Waals surface area (Å²) in [5, 5.41) is 5.62. The van der Waals surface area contributed by atoms with Crippen molar-refractivity contribution in [1.29, 1.82) is 0 Å². The van der Waals surface area contributed by atoms with E-state index in [1.807, 2.05) is 19.1 Å². The molecule has 1 fully saturated rings. The van der Waals surface area contributed by atoms with Crippen LogP contribution >= 0.6 is 0 Å². The Morgan fingerprint density at radius 2 is 1.65 bits per heavy atom. The Bertz CT molecular complexity index is 798. The molecular weight excluding hydrogens is 332 g/mol. The second-order valence-corrected chi connectivity index (χ2v) is 6.33. The van der Waals surface area contributed by atoms with Gasteiger partial charge in [-0.3, -0.25) is 9.59 Å². The first-order valence-corrected chi connectivity index (χ1v) is 8.53. The van der Waals surface area contributed by atoms with Crippen molar-refractivity contribution in [1.82, 2.24) is 0 Å². The predicted octanol–water partition coefficient (Wildman–Crippen LogP) is 3.37. The molecule has 0 spiro atoms. The van der Waals surface area contributed by atoms with Crippen LogP contribution in [-0.2, 0) is 9.59 Å². The normalized spacial score (nSPS) is 13.0. The van der Waals surface area contributed by atoms with Crippen LogP contribution in [-0.4, -0.2) is 25.5 Å². The number of methoxy groups -OCH3 is 1. The van der Waals surface area contributed by atoms with Crippen LogP contribution in [0, 0.1) is 12.8 Å². The zero-order valence-corrected chi connectivity index (χ0v) is 14.9. The van der Waals surface area contributed by atoms with Gasteiger partial charge in [0, 0.05) is 17.3 Å². The van der Waals surface area contributed by atoms with Crippen molar-refractivity contribution in [2.75, 3.05) is 24.4 Å².